The molecule has 0 radical (unpaired) electrons. The van der Waals surface area contributed by atoms with Crippen LogP contribution in [-0.2, 0) is 10.0 Å². The van der Waals surface area contributed by atoms with E-state index in [1.807, 2.05) is 37.3 Å². The van der Waals surface area contributed by atoms with Crippen molar-refractivity contribution in [3.8, 4) is 6.07 Å². The minimum absolute atomic E-state index is 0.0306. The van der Waals surface area contributed by atoms with Gasteiger partial charge in [0.2, 0.25) is 10.0 Å². The topological polar surface area (TPSA) is 106 Å². The van der Waals surface area contributed by atoms with E-state index in [1.165, 1.54) is 0 Å². The fourth-order valence-corrected chi connectivity index (χ4v) is 3.51. The van der Waals surface area contributed by atoms with Gasteiger partial charge < -0.3 is 5.32 Å². The average Bonchev–Trinajstić information content (AvgIpc) is 3.05. The second-order valence-electron chi connectivity index (χ2n) is 6.41. The highest BCUT2D eigenvalue weighted by Crippen LogP contribution is 2.26. The van der Waals surface area contributed by atoms with Crippen LogP contribution in [0.25, 0.3) is 0 Å². The first kappa shape index (κ1) is 18.2. The van der Waals surface area contributed by atoms with Gasteiger partial charge in [0.05, 0.1) is 24.1 Å². The summed E-state index contributed by atoms with van der Waals surface area (Å²) in [5, 5.41) is 12.3. The maximum atomic E-state index is 11.3. The van der Waals surface area contributed by atoms with Gasteiger partial charge in [-0.3, -0.25) is 4.72 Å². The summed E-state index contributed by atoms with van der Waals surface area (Å²) >= 11 is 0. The monoisotopic (exact) mass is 371 g/mol. The highest BCUT2D eigenvalue weighted by molar-refractivity contribution is 7.92. The van der Waals surface area contributed by atoms with Crippen molar-refractivity contribution in [3.63, 3.8) is 0 Å². The number of anilines is 2. The number of hydrogen-bond donors (Lipinski definition) is 4. The Hall–Kier alpha value is -2.60. The summed E-state index contributed by atoms with van der Waals surface area (Å²) in [4.78, 5) is 0. The summed E-state index contributed by atoms with van der Waals surface area (Å²) in [6, 6.07) is 15.2. The molecule has 3 rings (SSSR count). The maximum absolute atomic E-state index is 11.3. The first-order chi connectivity index (χ1) is 12.3. The lowest BCUT2D eigenvalue weighted by Gasteiger charge is -2.17. The van der Waals surface area contributed by atoms with Gasteiger partial charge in [-0.2, -0.15) is 5.26 Å². The molecular weight excluding hydrogens is 350 g/mol. The zero-order valence-electron chi connectivity index (χ0n) is 14.6. The van der Waals surface area contributed by atoms with E-state index in [4.69, 9.17) is 5.26 Å². The maximum Gasteiger partial charge on any atom is 0.229 e. The molecule has 2 aromatic carbocycles. The molecule has 2 atom stereocenters. The largest absolute Gasteiger partial charge is 0.368 e. The summed E-state index contributed by atoms with van der Waals surface area (Å²) in [6.07, 6.45) is 1.99. The Kier molecular flexibility index (Phi) is 5.13. The lowest BCUT2D eigenvalue weighted by molar-refractivity contribution is 0.564. The van der Waals surface area contributed by atoms with Crippen molar-refractivity contribution in [1.29, 1.82) is 5.26 Å². The molecule has 1 aliphatic heterocycles. The minimum Gasteiger partial charge on any atom is -0.368 e. The molecule has 1 heterocycles. The van der Waals surface area contributed by atoms with E-state index in [2.05, 4.69) is 27.0 Å². The molecule has 0 saturated carbocycles. The number of sulfonamides is 1. The van der Waals surface area contributed by atoms with Gasteiger partial charge in [0.15, 0.2) is 0 Å². The Labute approximate surface area is 153 Å². The van der Waals surface area contributed by atoms with Gasteiger partial charge in [0.1, 0.15) is 0 Å². The van der Waals surface area contributed by atoms with E-state index >= 15 is 0 Å². The Morgan fingerprint density at radius 1 is 1.15 bits per heavy atom. The van der Waals surface area contributed by atoms with Crippen LogP contribution in [0, 0.1) is 18.3 Å². The highest BCUT2D eigenvalue weighted by atomic mass is 32.2. The van der Waals surface area contributed by atoms with Crippen LogP contribution < -0.4 is 20.9 Å². The van der Waals surface area contributed by atoms with Gasteiger partial charge in [0, 0.05) is 23.8 Å². The summed E-state index contributed by atoms with van der Waals surface area (Å²) < 4.78 is 25.1. The van der Waals surface area contributed by atoms with Crippen LogP contribution in [0.1, 0.15) is 29.2 Å². The Balaban J connectivity index is 1.64. The molecule has 2 aromatic rings. The van der Waals surface area contributed by atoms with Gasteiger partial charge in [0.25, 0.3) is 0 Å². The highest BCUT2D eigenvalue weighted by Gasteiger charge is 2.25. The lowest BCUT2D eigenvalue weighted by atomic mass is 10.0. The first-order valence-electron chi connectivity index (χ1n) is 8.20. The first-order valence-corrected chi connectivity index (χ1v) is 10.1. The van der Waals surface area contributed by atoms with Gasteiger partial charge in [-0.05, 0) is 48.4 Å². The molecule has 0 aromatic heterocycles. The molecule has 1 fully saturated rings. The molecule has 0 bridgehead atoms. The number of nitriles is 1. The van der Waals surface area contributed by atoms with Crippen LogP contribution >= 0.6 is 0 Å². The van der Waals surface area contributed by atoms with Crippen LogP contribution in [0.2, 0.25) is 0 Å². The molecule has 136 valence electrons. The fourth-order valence-electron chi connectivity index (χ4n) is 2.95. The van der Waals surface area contributed by atoms with Crippen molar-refractivity contribution in [1.82, 2.24) is 10.9 Å². The number of hydrogen-bond acceptors (Lipinski definition) is 6. The van der Waals surface area contributed by atoms with E-state index in [0.717, 1.165) is 29.5 Å². The number of aryl methyl sites for hydroxylation is 1. The molecule has 8 heteroatoms. The van der Waals surface area contributed by atoms with Crippen molar-refractivity contribution < 1.29 is 8.42 Å². The minimum atomic E-state index is -3.29. The van der Waals surface area contributed by atoms with Crippen LogP contribution in [-0.4, -0.2) is 20.8 Å². The second-order valence-corrected chi connectivity index (χ2v) is 8.16. The average molecular weight is 371 g/mol. The van der Waals surface area contributed by atoms with Crippen molar-refractivity contribution in [2.45, 2.75) is 25.6 Å². The van der Waals surface area contributed by atoms with E-state index < -0.39 is 10.0 Å². The molecule has 0 spiro atoms. The van der Waals surface area contributed by atoms with Gasteiger partial charge in [-0.25, -0.2) is 19.3 Å². The van der Waals surface area contributed by atoms with Gasteiger partial charge in [-0.15, -0.1) is 0 Å². The normalized spacial score (nSPS) is 19.7. The molecule has 2 unspecified atom stereocenters. The lowest BCUT2D eigenvalue weighted by Crippen LogP contribution is -2.36. The third kappa shape index (κ3) is 4.52. The molecule has 0 aliphatic carbocycles. The Morgan fingerprint density at radius 2 is 1.88 bits per heavy atom. The zero-order chi connectivity index (χ0) is 18.7. The standard InChI is InChI=1S/C18H21N5O2S/c1-12-9-15(23-26(2,24)25)7-8-16(12)20-18-10-17(21-22-18)14-5-3-13(11-19)4-6-14/h3-9,17-18,20-23H,10H2,1-2H3. The molecule has 26 heavy (non-hydrogen) atoms. The summed E-state index contributed by atoms with van der Waals surface area (Å²) in [5.74, 6) is 0. The number of nitrogens with zero attached hydrogens (tertiary/aromatic N) is 1. The quantitative estimate of drug-likeness (QED) is 0.642. The predicted octanol–water partition coefficient (Wildman–Crippen LogP) is 2.22. The van der Waals surface area contributed by atoms with Crippen LogP contribution in [0.15, 0.2) is 42.5 Å². The molecule has 0 amide bonds. The van der Waals surface area contributed by atoms with Gasteiger partial charge >= 0.3 is 0 Å². The number of hydrazine groups is 1. The van der Waals surface area contributed by atoms with Crippen molar-refractivity contribution in [2.75, 3.05) is 16.3 Å². The van der Waals surface area contributed by atoms with Crippen LogP contribution in [0.5, 0.6) is 0 Å². The molecule has 1 aliphatic rings. The predicted molar refractivity (Wildman–Crippen MR) is 102 cm³/mol. The molecule has 4 N–H and O–H groups in total. The smallest absolute Gasteiger partial charge is 0.229 e. The Bertz CT molecular complexity index is 935. The van der Waals surface area contributed by atoms with E-state index in [1.54, 1.807) is 12.1 Å². The Morgan fingerprint density at radius 3 is 2.50 bits per heavy atom. The van der Waals surface area contributed by atoms with Crippen molar-refractivity contribution >= 4 is 21.4 Å². The third-order valence-corrected chi connectivity index (χ3v) is 4.81. The summed E-state index contributed by atoms with van der Waals surface area (Å²) in [5.41, 5.74) is 10.7. The number of rotatable bonds is 5. The SMILES string of the molecule is Cc1cc(NS(C)(=O)=O)ccc1NC1CC(c2ccc(C#N)cc2)NN1. The van der Waals surface area contributed by atoms with Crippen LogP contribution in [0.3, 0.4) is 0 Å². The van der Waals surface area contributed by atoms with E-state index in [9.17, 15) is 8.42 Å². The van der Waals surface area contributed by atoms with E-state index in [-0.39, 0.29) is 12.2 Å². The molecule has 7 nitrogen and oxygen atoms in total. The number of nitrogens with one attached hydrogen (secondary N) is 4. The second kappa shape index (κ2) is 7.33. The van der Waals surface area contributed by atoms with Gasteiger partial charge in [-0.1, -0.05) is 12.1 Å². The molecular formula is C18H21N5O2S. The van der Waals surface area contributed by atoms with Crippen LogP contribution in [0.4, 0.5) is 11.4 Å². The number of benzene rings is 2. The summed E-state index contributed by atoms with van der Waals surface area (Å²) in [6.45, 7) is 1.93. The summed E-state index contributed by atoms with van der Waals surface area (Å²) in [7, 11) is -3.29. The van der Waals surface area contributed by atoms with E-state index in [0.29, 0.717) is 11.3 Å². The zero-order valence-corrected chi connectivity index (χ0v) is 15.4. The molecule has 1 saturated heterocycles. The van der Waals surface area contributed by atoms with Crippen molar-refractivity contribution in [3.05, 3.63) is 59.2 Å². The van der Waals surface area contributed by atoms with Crippen molar-refractivity contribution in [2.24, 2.45) is 0 Å². The fraction of sp³-hybridized carbons (Fsp3) is 0.278. The third-order valence-electron chi connectivity index (χ3n) is 4.20.